The second-order valence-electron chi connectivity index (χ2n) is 5.44. The van der Waals surface area contributed by atoms with E-state index in [4.69, 9.17) is 11.6 Å². The average Bonchev–Trinajstić information content (AvgIpc) is 2.64. The molecule has 0 saturated heterocycles. The van der Waals surface area contributed by atoms with Gasteiger partial charge in [0.1, 0.15) is 5.02 Å². The van der Waals surface area contributed by atoms with Gasteiger partial charge in [-0.15, -0.1) is 0 Å². The quantitative estimate of drug-likeness (QED) is 0.692. The van der Waals surface area contributed by atoms with Crippen LogP contribution >= 0.6 is 11.6 Å². The molecule has 24 heavy (non-hydrogen) atoms. The number of hydrogen-bond donors (Lipinski definition) is 1. The Morgan fingerprint density at radius 3 is 2.38 bits per heavy atom. The molecule has 2 aromatic carbocycles. The maximum Gasteiger partial charge on any atom is 0.292 e. The van der Waals surface area contributed by atoms with Crippen LogP contribution < -0.4 is 10.9 Å². The van der Waals surface area contributed by atoms with Gasteiger partial charge in [-0.25, -0.2) is 0 Å². The van der Waals surface area contributed by atoms with Gasteiger partial charge in [0, 0.05) is 6.54 Å². The largest absolute Gasteiger partial charge is 0.382 e. The summed E-state index contributed by atoms with van der Waals surface area (Å²) >= 11 is 6.21. The Kier molecular flexibility index (Phi) is 5.29. The van der Waals surface area contributed by atoms with E-state index in [2.05, 4.69) is 22.5 Å². The van der Waals surface area contributed by atoms with E-state index in [0.717, 1.165) is 19.4 Å². The maximum absolute atomic E-state index is 12.4. The van der Waals surface area contributed by atoms with Crippen LogP contribution in [-0.2, 0) is 6.42 Å². The van der Waals surface area contributed by atoms with Gasteiger partial charge >= 0.3 is 0 Å². The van der Waals surface area contributed by atoms with Crippen molar-refractivity contribution in [3.63, 3.8) is 0 Å². The second-order valence-corrected chi connectivity index (χ2v) is 5.82. The van der Waals surface area contributed by atoms with Crippen molar-refractivity contribution in [1.29, 1.82) is 0 Å². The molecule has 0 bridgehead atoms. The number of nitrogens with zero attached hydrogens (tertiary/aromatic N) is 2. The Balaban J connectivity index is 1.65. The molecule has 1 aromatic heterocycles. The van der Waals surface area contributed by atoms with Crippen molar-refractivity contribution in [2.45, 2.75) is 12.8 Å². The number of anilines is 1. The van der Waals surface area contributed by atoms with E-state index < -0.39 is 0 Å². The van der Waals surface area contributed by atoms with E-state index in [1.807, 2.05) is 48.5 Å². The predicted octanol–water partition coefficient (Wildman–Crippen LogP) is 3.93. The lowest BCUT2D eigenvalue weighted by atomic mass is 10.1. The van der Waals surface area contributed by atoms with Gasteiger partial charge in [-0.05, 0) is 30.5 Å². The van der Waals surface area contributed by atoms with Crippen LogP contribution in [0.1, 0.15) is 12.0 Å². The molecule has 0 aliphatic carbocycles. The van der Waals surface area contributed by atoms with Crippen LogP contribution in [0.25, 0.3) is 5.69 Å². The van der Waals surface area contributed by atoms with E-state index in [-0.39, 0.29) is 10.6 Å². The smallest absolute Gasteiger partial charge is 0.292 e. The Labute approximate surface area is 145 Å². The fourth-order valence-corrected chi connectivity index (χ4v) is 2.67. The summed E-state index contributed by atoms with van der Waals surface area (Å²) in [7, 11) is 0. The topological polar surface area (TPSA) is 46.9 Å². The normalized spacial score (nSPS) is 10.5. The molecule has 0 radical (unpaired) electrons. The number of halogens is 1. The Hall–Kier alpha value is -2.59. The lowest BCUT2D eigenvalue weighted by Crippen LogP contribution is -2.22. The van der Waals surface area contributed by atoms with Gasteiger partial charge in [0.25, 0.3) is 5.56 Å². The summed E-state index contributed by atoms with van der Waals surface area (Å²) < 4.78 is 1.30. The third-order valence-electron chi connectivity index (χ3n) is 3.72. The fraction of sp³-hybridized carbons (Fsp3) is 0.158. The van der Waals surface area contributed by atoms with Crippen molar-refractivity contribution < 1.29 is 0 Å². The van der Waals surface area contributed by atoms with E-state index in [9.17, 15) is 4.79 Å². The minimum atomic E-state index is -0.323. The first kappa shape index (κ1) is 16.3. The molecule has 0 aliphatic heterocycles. The highest BCUT2D eigenvalue weighted by atomic mass is 35.5. The van der Waals surface area contributed by atoms with Crippen molar-refractivity contribution >= 4 is 17.3 Å². The zero-order valence-electron chi connectivity index (χ0n) is 13.2. The van der Waals surface area contributed by atoms with E-state index in [1.54, 1.807) is 6.20 Å². The summed E-state index contributed by atoms with van der Waals surface area (Å²) in [5.41, 5.74) is 2.24. The molecule has 0 fully saturated rings. The molecule has 1 N–H and O–H groups in total. The summed E-state index contributed by atoms with van der Waals surface area (Å²) in [5.74, 6) is 0. The molecule has 1 heterocycles. The zero-order valence-corrected chi connectivity index (χ0v) is 13.9. The minimum absolute atomic E-state index is 0.161. The number of rotatable bonds is 6. The molecular weight excluding hydrogens is 322 g/mol. The van der Waals surface area contributed by atoms with Crippen molar-refractivity contribution in [1.82, 2.24) is 9.78 Å². The van der Waals surface area contributed by atoms with Gasteiger partial charge < -0.3 is 5.32 Å². The van der Waals surface area contributed by atoms with E-state index >= 15 is 0 Å². The molecule has 3 aromatic rings. The van der Waals surface area contributed by atoms with Crippen LogP contribution in [0.4, 0.5) is 5.69 Å². The Morgan fingerprint density at radius 2 is 1.67 bits per heavy atom. The summed E-state index contributed by atoms with van der Waals surface area (Å²) in [6.45, 7) is 0.727. The lowest BCUT2D eigenvalue weighted by molar-refractivity contribution is 0.803. The van der Waals surface area contributed by atoms with Crippen molar-refractivity contribution in [2.75, 3.05) is 11.9 Å². The van der Waals surface area contributed by atoms with Crippen LogP contribution in [0.5, 0.6) is 0 Å². The van der Waals surface area contributed by atoms with E-state index in [1.165, 1.54) is 10.2 Å². The maximum atomic E-state index is 12.4. The van der Waals surface area contributed by atoms with Gasteiger partial charge in [0.05, 0.1) is 17.6 Å². The molecule has 0 unspecified atom stereocenters. The fourth-order valence-electron chi connectivity index (χ4n) is 2.47. The first-order valence-corrected chi connectivity index (χ1v) is 8.24. The number of nitrogens with one attached hydrogen (secondary N) is 1. The van der Waals surface area contributed by atoms with Gasteiger partial charge in [-0.2, -0.15) is 9.78 Å². The first-order chi connectivity index (χ1) is 11.8. The Morgan fingerprint density at radius 1 is 1.00 bits per heavy atom. The second kappa shape index (κ2) is 7.79. The molecule has 0 saturated carbocycles. The zero-order chi connectivity index (χ0) is 16.8. The molecule has 0 aliphatic rings. The van der Waals surface area contributed by atoms with E-state index in [0.29, 0.717) is 11.4 Å². The van der Waals surface area contributed by atoms with Crippen LogP contribution in [0.15, 0.2) is 71.7 Å². The third-order valence-corrected chi connectivity index (χ3v) is 4.09. The van der Waals surface area contributed by atoms with Crippen molar-refractivity contribution in [3.8, 4) is 5.69 Å². The van der Waals surface area contributed by atoms with Crippen LogP contribution in [-0.4, -0.2) is 16.3 Å². The monoisotopic (exact) mass is 339 g/mol. The molecule has 4 nitrogen and oxygen atoms in total. The van der Waals surface area contributed by atoms with Crippen LogP contribution in [0.3, 0.4) is 0 Å². The summed E-state index contributed by atoms with van der Waals surface area (Å²) in [6.07, 6.45) is 3.52. The highest BCUT2D eigenvalue weighted by Crippen LogP contribution is 2.16. The molecule has 122 valence electrons. The predicted molar refractivity (Wildman–Crippen MR) is 98.1 cm³/mol. The SMILES string of the molecule is O=c1c(Cl)c(NCCCc2ccccc2)cnn1-c1ccccc1. The molecule has 3 rings (SSSR count). The minimum Gasteiger partial charge on any atom is -0.382 e. The third kappa shape index (κ3) is 3.84. The number of hydrogen-bond acceptors (Lipinski definition) is 3. The number of benzene rings is 2. The highest BCUT2D eigenvalue weighted by Gasteiger charge is 2.10. The van der Waals surface area contributed by atoms with Gasteiger partial charge in [0.15, 0.2) is 0 Å². The summed E-state index contributed by atoms with van der Waals surface area (Å²) in [6, 6.07) is 19.5. The molecular formula is C19H18ClN3O. The van der Waals surface area contributed by atoms with Gasteiger partial charge in [-0.1, -0.05) is 60.1 Å². The molecule has 5 heteroatoms. The van der Waals surface area contributed by atoms with Crippen LogP contribution in [0.2, 0.25) is 5.02 Å². The van der Waals surface area contributed by atoms with Crippen LogP contribution in [0, 0.1) is 0 Å². The average molecular weight is 340 g/mol. The molecule has 0 amide bonds. The summed E-state index contributed by atoms with van der Waals surface area (Å²) in [5, 5.41) is 7.56. The Bertz CT molecular complexity index is 847. The lowest BCUT2D eigenvalue weighted by Gasteiger charge is -2.10. The molecule has 0 atom stereocenters. The van der Waals surface area contributed by atoms with Gasteiger partial charge in [0.2, 0.25) is 0 Å². The first-order valence-electron chi connectivity index (χ1n) is 7.87. The number of aryl methyl sites for hydroxylation is 1. The van der Waals surface area contributed by atoms with Gasteiger partial charge in [-0.3, -0.25) is 4.79 Å². The number of aromatic nitrogens is 2. The van der Waals surface area contributed by atoms with Crippen molar-refractivity contribution in [2.24, 2.45) is 0 Å². The molecule has 0 spiro atoms. The highest BCUT2D eigenvalue weighted by molar-refractivity contribution is 6.32. The standard InChI is InChI=1S/C19H18ClN3O/c20-18-17(21-13-7-10-15-8-3-1-4-9-15)14-22-23(19(18)24)16-11-5-2-6-12-16/h1-6,8-9,11-12,14,21H,7,10,13H2. The van der Waals surface area contributed by atoms with Crippen molar-refractivity contribution in [3.05, 3.63) is 87.8 Å². The number of para-hydroxylation sites is 1. The summed E-state index contributed by atoms with van der Waals surface area (Å²) in [4.78, 5) is 12.4.